The highest BCUT2D eigenvalue weighted by atomic mass is 14.2. The van der Waals surface area contributed by atoms with Crippen LogP contribution in [0.15, 0.2) is 48.1 Å². The molecule has 0 aliphatic heterocycles. The van der Waals surface area contributed by atoms with E-state index in [-0.39, 0.29) is 0 Å². The molecule has 14 heavy (non-hydrogen) atoms. The molecule has 0 aromatic heterocycles. The molecule has 0 saturated heterocycles. The third kappa shape index (κ3) is 1.65. The van der Waals surface area contributed by atoms with E-state index in [4.69, 9.17) is 0 Å². The molecule has 0 heteroatoms. The molecule has 0 unspecified atom stereocenters. The average molecular weight is 184 g/mol. The van der Waals surface area contributed by atoms with Crippen LogP contribution in [-0.2, 0) is 0 Å². The fourth-order valence-electron chi connectivity index (χ4n) is 2.17. The zero-order valence-electron chi connectivity index (χ0n) is 8.72. The highest BCUT2D eigenvalue weighted by Gasteiger charge is 2.13. The van der Waals surface area contributed by atoms with Crippen LogP contribution in [0.25, 0.3) is 5.57 Å². The van der Waals surface area contributed by atoms with E-state index < -0.39 is 0 Å². The summed E-state index contributed by atoms with van der Waals surface area (Å²) >= 11 is 0. The van der Waals surface area contributed by atoms with Crippen LogP contribution in [0, 0.1) is 0 Å². The zero-order valence-corrected chi connectivity index (χ0v) is 8.72. The highest BCUT2D eigenvalue weighted by Crippen LogP contribution is 2.34. The first-order valence-corrected chi connectivity index (χ1v) is 5.22. The molecule has 72 valence electrons. The highest BCUT2D eigenvalue weighted by molar-refractivity contribution is 5.81. The van der Waals surface area contributed by atoms with Gasteiger partial charge in [0.25, 0.3) is 0 Å². The summed E-state index contributed by atoms with van der Waals surface area (Å²) in [5.41, 5.74) is 5.53. The van der Waals surface area contributed by atoms with E-state index in [1.54, 1.807) is 0 Å². The molecule has 0 radical (unpaired) electrons. The Balaban J connectivity index is 2.46. The van der Waals surface area contributed by atoms with Crippen molar-refractivity contribution in [2.24, 2.45) is 0 Å². The van der Waals surface area contributed by atoms with E-state index in [1.807, 2.05) is 0 Å². The normalized spacial score (nSPS) is 17.4. The number of hydrogen-bond donors (Lipinski definition) is 0. The number of benzene rings is 1. The van der Waals surface area contributed by atoms with Gasteiger partial charge in [-0.3, -0.25) is 0 Å². The van der Waals surface area contributed by atoms with Crippen LogP contribution in [0.1, 0.15) is 31.7 Å². The number of rotatable bonds is 1. The van der Waals surface area contributed by atoms with E-state index in [0.29, 0.717) is 0 Å². The SMILES string of the molecule is C=C1CCCC(C)=C1c1ccccc1. The van der Waals surface area contributed by atoms with E-state index in [0.717, 1.165) is 6.42 Å². The molecule has 0 bridgehead atoms. The quantitative estimate of drug-likeness (QED) is 0.613. The molecule has 0 N–H and O–H groups in total. The van der Waals surface area contributed by atoms with Crippen molar-refractivity contribution in [3.05, 3.63) is 53.6 Å². The second-order valence-corrected chi connectivity index (χ2v) is 3.98. The molecule has 0 atom stereocenters. The maximum atomic E-state index is 4.16. The van der Waals surface area contributed by atoms with Crippen LogP contribution in [0.3, 0.4) is 0 Å². The van der Waals surface area contributed by atoms with Gasteiger partial charge in [0, 0.05) is 0 Å². The molecule has 1 aliphatic rings. The molecule has 0 nitrogen and oxygen atoms in total. The Labute approximate surface area is 86.0 Å². The van der Waals surface area contributed by atoms with Crippen LogP contribution < -0.4 is 0 Å². The van der Waals surface area contributed by atoms with Gasteiger partial charge in [-0.25, -0.2) is 0 Å². The summed E-state index contributed by atoms with van der Waals surface area (Å²) < 4.78 is 0. The first-order valence-electron chi connectivity index (χ1n) is 5.22. The summed E-state index contributed by atoms with van der Waals surface area (Å²) in [4.78, 5) is 0. The Morgan fingerprint density at radius 2 is 1.79 bits per heavy atom. The Bertz CT molecular complexity index is 368. The summed E-state index contributed by atoms with van der Waals surface area (Å²) in [5, 5.41) is 0. The van der Waals surface area contributed by atoms with Crippen molar-refractivity contribution in [1.82, 2.24) is 0 Å². The average Bonchev–Trinajstić information content (AvgIpc) is 2.19. The minimum Gasteiger partial charge on any atom is -0.0952 e. The van der Waals surface area contributed by atoms with Crippen molar-refractivity contribution in [2.75, 3.05) is 0 Å². The lowest BCUT2D eigenvalue weighted by molar-refractivity contribution is 0.794. The van der Waals surface area contributed by atoms with Gasteiger partial charge >= 0.3 is 0 Å². The largest absolute Gasteiger partial charge is 0.0952 e. The monoisotopic (exact) mass is 184 g/mol. The third-order valence-electron chi connectivity index (χ3n) is 2.87. The van der Waals surface area contributed by atoms with Crippen molar-refractivity contribution in [2.45, 2.75) is 26.2 Å². The molecule has 2 rings (SSSR count). The van der Waals surface area contributed by atoms with Crippen LogP contribution in [0.4, 0.5) is 0 Å². The fraction of sp³-hybridized carbons (Fsp3) is 0.286. The van der Waals surface area contributed by atoms with E-state index in [2.05, 4.69) is 43.8 Å². The van der Waals surface area contributed by atoms with Gasteiger partial charge in [-0.15, -0.1) is 0 Å². The van der Waals surface area contributed by atoms with Crippen molar-refractivity contribution >= 4 is 5.57 Å². The van der Waals surface area contributed by atoms with Crippen LogP contribution in [-0.4, -0.2) is 0 Å². The second kappa shape index (κ2) is 3.83. The van der Waals surface area contributed by atoms with Crippen LogP contribution >= 0.6 is 0 Å². The van der Waals surface area contributed by atoms with Gasteiger partial charge in [0.05, 0.1) is 0 Å². The standard InChI is InChI=1S/C14H16/c1-11-7-6-8-12(2)14(11)13-9-4-3-5-10-13/h3-5,9-10H,1,6-8H2,2H3. The molecule has 0 heterocycles. The fourth-order valence-corrected chi connectivity index (χ4v) is 2.17. The lowest BCUT2D eigenvalue weighted by Gasteiger charge is -2.20. The summed E-state index contributed by atoms with van der Waals surface area (Å²) in [5.74, 6) is 0. The van der Waals surface area contributed by atoms with Gasteiger partial charge < -0.3 is 0 Å². The lowest BCUT2D eigenvalue weighted by Crippen LogP contribution is -1.99. The van der Waals surface area contributed by atoms with Crippen molar-refractivity contribution < 1.29 is 0 Å². The number of hydrogen-bond acceptors (Lipinski definition) is 0. The Morgan fingerprint density at radius 1 is 1.07 bits per heavy atom. The molecule has 0 fully saturated rings. The first kappa shape index (κ1) is 9.26. The topological polar surface area (TPSA) is 0 Å². The molecule has 1 aromatic carbocycles. The smallest absolute Gasteiger partial charge is 0.0169 e. The summed E-state index contributed by atoms with van der Waals surface area (Å²) in [6, 6.07) is 10.6. The minimum absolute atomic E-state index is 1.15. The summed E-state index contributed by atoms with van der Waals surface area (Å²) in [6.07, 6.45) is 3.64. The van der Waals surface area contributed by atoms with Gasteiger partial charge in [0.15, 0.2) is 0 Å². The maximum Gasteiger partial charge on any atom is -0.0169 e. The van der Waals surface area contributed by atoms with Crippen LogP contribution in [0.2, 0.25) is 0 Å². The van der Waals surface area contributed by atoms with Gasteiger partial charge in [0.1, 0.15) is 0 Å². The van der Waals surface area contributed by atoms with Crippen molar-refractivity contribution in [3.63, 3.8) is 0 Å². The number of allylic oxidation sites excluding steroid dienone is 3. The Hall–Kier alpha value is -1.30. The minimum atomic E-state index is 1.15. The predicted molar refractivity (Wildman–Crippen MR) is 62.0 cm³/mol. The molecule has 0 spiro atoms. The summed E-state index contributed by atoms with van der Waals surface area (Å²) in [7, 11) is 0. The van der Waals surface area contributed by atoms with Gasteiger partial charge in [-0.2, -0.15) is 0 Å². The Morgan fingerprint density at radius 3 is 2.43 bits per heavy atom. The van der Waals surface area contributed by atoms with Crippen LogP contribution in [0.5, 0.6) is 0 Å². The van der Waals surface area contributed by atoms with Gasteiger partial charge in [-0.1, -0.05) is 42.5 Å². The van der Waals surface area contributed by atoms with Gasteiger partial charge in [-0.05, 0) is 42.9 Å². The van der Waals surface area contributed by atoms with E-state index in [9.17, 15) is 0 Å². The Kier molecular flexibility index (Phi) is 2.53. The van der Waals surface area contributed by atoms with E-state index in [1.165, 1.54) is 35.1 Å². The third-order valence-corrected chi connectivity index (χ3v) is 2.87. The van der Waals surface area contributed by atoms with Crippen molar-refractivity contribution in [1.29, 1.82) is 0 Å². The predicted octanol–water partition coefficient (Wildman–Crippen LogP) is 4.20. The molecule has 1 aliphatic carbocycles. The second-order valence-electron chi connectivity index (χ2n) is 3.98. The molecule has 0 saturated carbocycles. The molecule has 0 amide bonds. The summed E-state index contributed by atoms with van der Waals surface area (Å²) in [6.45, 7) is 6.39. The zero-order chi connectivity index (χ0) is 9.97. The van der Waals surface area contributed by atoms with Crippen molar-refractivity contribution in [3.8, 4) is 0 Å². The lowest BCUT2D eigenvalue weighted by atomic mass is 9.85. The first-order chi connectivity index (χ1) is 6.79. The molecular formula is C14H16. The maximum absolute atomic E-state index is 4.16. The van der Waals surface area contributed by atoms with Gasteiger partial charge in [0.2, 0.25) is 0 Å². The molecule has 1 aromatic rings. The molecular weight excluding hydrogens is 168 g/mol. The van der Waals surface area contributed by atoms with E-state index >= 15 is 0 Å².